The highest BCUT2D eigenvalue weighted by atomic mass is 19.4. The third-order valence-electron chi connectivity index (χ3n) is 6.56. The van der Waals surface area contributed by atoms with Crippen LogP contribution in [-0.2, 0) is 33.5 Å². The van der Waals surface area contributed by atoms with Gasteiger partial charge in [-0.3, -0.25) is 9.80 Å². The molecule has 0 spiro atoms. The lowest BCUT2D eigenvalue weighted by molar-refractivity contribution is -0.158. The molecule has 7 nitrogen and oxygen atoms in total. The maximum Gasteiger partial charge on any atom is 0.416 e. The number of carbonyl (C=O) groups excluding carboxylic acids is 1. The van der Waals surface area contributed by atoms with Gasteiger partial charge in [-0.25, -0.2) is 4.79 Å². The molecule has 0 amide bonds. The summed E-state index contributed by atoms with van der Waals surface area (Å²) in [5, 5.41) is 0. The Morgan fingerprint density at radius 1 is 0.951 bits per heavy atom. The molecular formula is C31H39F3N2O5. The Kier molecular flexibility index (Phi) is 11.9. The van der Waals surface area contributed by atoms with E-state index in [2.05, 4.69) is 21.6 Å². The monoisotopic (exact) mass is 576 g/mol. The molecule has 1 aliphatic heterocycles. The number of alkyl halides is 3. The van der Waals surface area contributed by atoms with Gasteiger partial charge in [0.05, 0.1) is 18.8 Å². The number of halogens is 3. The fourth-order valence-electron chi connectivity index (χ4n) is 4.31. The summed E-state index contributed by atoms with van der Waals surface area (Å²) in [6, 6.07) is 10.9. The van der Waals surface area contributed by atoms with Crippen molar-refractivity contribution in [1.29, 1.82) is 0 Å². The highest BCUT2D eigenvalue weighted by Gasteiger charge is 2.32. The van der Waals surface area contributed by atoms with E-state index in [0.29, 0.717) is 44.4 Å². The van der Waals surface area contributed by atoms with Gasteiger partial charge in [0.25, 0.3) is 0 Å². The van der Waals surface area contributed by atoms with Crippen LogP contribution in [0.4, 0.5) is 13.2 Å². The van der Waals surface area contributed by atoms with E-state index in [1.165, 1.54) is 0 Å². The van der Waals surface area contributed by atoms with E-state index in [0.717, 1.165) is 49.4 Å². The number of nitrogens with zero attached hydrogens (tertiary/aromatic N) is 2. The van der Waals surface area contributed by atoms with Gasteiger partial charge < -0.3 is 18.9 Å². The number of esters is 1. The van der Waals surface area contributed by atoms with Crippen LogP contribution in [0.15, 0.2) is 42.5 Å². The van der Waals surface area contributed by atoms with Crippen LogP contribution in [0, 0.1) is 11.8 Å². The van der Waals surface area contributed by atoms with Crippen molar-refractivity contribution in [2.24, 2.45) is 0 Å². The lowest BCUT2D eigenvalue weighted by atomic mass is 10.1. The van der Waals surface area contributed by atoms with Gasteiger partial charge >= 0.3 is 12.1 Å². The summed E-state index contributed by atoms with van der Waals surface area (Å²) in [6.07, 6.45) is -4.33. The summed E-state index contributed by atoms with van der Waals surface area (Å²) >= 11 is 0. The van der Waals surface area contributed by atoms with E-state index in [9.17, 15) is 18.0 Å². The second kappa shape index (κ2) is 15.1. The second-order valence-electron chi connectivity index (χ2n) is 10.2. The molecule has 0 aliphatic carbocycles. The molecule has 1 saturated heterocycles. The molecule has 0 N–H and O–H groups in total. The Labute approximate surface area is 240 Å². The van der Waals surface area contributed by atoms with Gasteiger partial charge in [0, 0.05) is 50.9 Å². The zero-order valence-electron chi connectivity index (χ0n) is 24.2. The minimum absolute atomic E-state index is 0.263. The number of ether oxygens (including phenoxy) is 4. The first-order valence-electron chi connectivity index (χ1n) is 13.7. The van der Waals surface area contributed by atoms with E-state index < -0.39 is 23.3 Å². The Hall–Kier alpha value is -3.26. The summed E-state index contributed by atoms with van der Waals surface area (Å²) in [4.78, 5) is 16.9. The molecule has 0 unspecified atom stereocenters. The summed E-state index contributed by atoms with van der Waals surface area (Å²) in [6.45, 7) is 12.5. The number of hydrogen-bond acceptors (Lipinski definition) is 7. The Bertz CT molecular complexity index is 1180. The van der Waals surface area contributed by atoms with Crippen molar-refractivity contribution in [3.05, 3.63) is 59.2 Å². The molecule has 2 aromatic rings. The van der Waals surface area contributed by atoms with Gasteiger partial charge in [-0.1, -0.05) is 24.1 Å². The molecule has 1 aliphatic rings. The second-order valence-corrected chi connectivity index (χ2v) is 10.2. The zero-order chi connectivity index (χ0) is 29.9. The van der Waals surface area contributed by atoms with Crippen molar-refractivity contribution in [2.75, 3.05) is 52.6 Å². The summed E-state index contributed by atoms with van der Waals surface area (Å²) < 4.78 is 61.2. The maximum atomic E-state index is 12.9. The van der Waals surface area contributed by atoms with Gasteiger partial charge in [0.1, 0.15) is 24.7 Å². The largest absolute Gasteiger partial charge is 0.491 e. The first-order valence-corrected chi connectivity index (χ1v) is 13.7. The zero-order valence-corrected chi connectivity index (χ0v) is 24.2. The standard InChI is InChI=1S/C31H39F3N2O5/c1-5-7-18-38-19-20-40-28-21-27(41-30(3,4)29(37)39-6-2)13-10-25(28)23-36-16-14-35(15-17-36)22-24-8-11-26(12-9-24)31(32,33)34/h8-13,21H,6,14-20,22-23H2,1-4H3. The van der Waals surface area contributed by atoms with Crippen LogP contribution in [0.3, 0.4) is 0 Å². The van der Waals surface area contributed by atoms with Crippen LogP contribution >= 0.6 is 0 Å². The Morgan fingerprint density at radius 2 is 1.61 bits per heavy atom. The predicted octanol–water partition coefficient (Wildman–Crippen LogP) is 5.16. The maximum absolute atomic E-state index is 12.9. The van der Waals surface area contributed by atoms with Crippen LogP contribution in [0.2, 0.25) is 0 Å². The van der Waals surface area contributed by atoms with Crippen LogP contribution in [0.5, 0.6) is 11.5 Å². The molecule has 0 radical (unpaired) electrons. The van der Waals surface area contributed by atoms with Crippen LogP contribution in [0.1, 0.15) is 44.4 Å². The average molecular weight is 577 g/mol. The molecule has 10 heteroatoms. The summed E-state index contributed by atoms with van der Waals surface area (Å²) in [5.74, 6) is 6.30. The first-order chi connectivity index (χ1) is 19.5. The van der Waals surface area contributed by atoms with Crippen LogP contribution in [-0.4, -0.2) is 74.0 Å². The van der Waals surface area contributed by atoms with Crippen LogP contribution in [0.25, 0.3) is 0 Å². The van der Waals surface area contributed by atoms with Gasteiger partial charge in [0.2, 0.25) is 0 Å². The first kappa shape index (κ1) is 32.3. The van der Waals surface area contributed by atoms with Crippen molar-refractivity contribution < 1.29 is 36.9 Å². The molecule has 2 aromatic carbocycles. The fraction of sp³-hybridized carbons (Fsp3) is 0.516. The van der Waals surface area contributed by atoms with Crippen molar-refractivity contribution >= 4 is 5.97 Å². The van der Waals surface area contributed by atoms with E-state index in [4.69, 9.17) is 18.9 Å². The quantitative estimate of drug-likeness (QED) is 0.185. The predicted molar refractivity (Wildman–Crippen MR) is 150 cm³/mol. The number of rotatable bonds is 13. The molecule has 1 heterocycles. The summed E-state index contributed by atoms with van der Waals surface area (Å²) in [7, 11) is 0. The average Bonchev–Trinajstić information content (AvgIpc) is 2.92. The topological polar surface area (TPSA) is 60.5 Å². The third kappa shape index (κ3) is 10.3. The molecule has 1 fully saturated rings. The van der Waals surface area contributed by atoms with E-state index in [-0.39, 0.29) is 6.61 Å². The van der Waals surface area contributed by atoms with Crippen LogP contribution < -0.4 is 9.47 Å². The molecule has 3 rings (SSSR count). The minimum atomic E-state index is -4.33. The highest BCUT2D eigenvalue weighted by Crippen LogP contribution is 2.31. The highest BCUT2D eigenvalue weighted by molar-refractivity contribution is 5.79. The lowest BCUT2D eigenvalue weighted by Gasteiger charge is -2.35. The van der Waals surface area contributed by atoms with Crippen molar-refractivity contribution in [1.82, 2.24) is 9.80 Å². The van der Waals surface area contributed by atoms with Gasteiger partial charge in [-0.05, 0) is 51.5 Å². The minimum Gasteiger partial charge on any atom is -0.491 e. The number of piperazine rings is 1. The van der Waals surface area contributed by atoms with Crippen molar-refractivity contribution in [2.45, 2.75) is 52.6 Å². The molecule has 0 bridgehead atoms. The van der Waals surface area contributed by atoms with Gasteiger partial charge in [0.15, 0.2) is 5.60 Å². The molecule has 41 heavy (non-hydrogen) atoms. The Morgan fingerprint density at radius 3 is 2.22 bits per heavy atom. The van der Waals surface area contributed by atoms with Crippen molar-refractivity contribution in [3.8, 4) is 23.3 Å². The number of benzene rings is 2. The van der Waals surface area contributed by atoms with E-state index in [1.54, 1.807) is 45.9 Å². The molecule has 0 atom stereocenters. The van der Waals surface area contributed by atoms with E-state index >= 15 is 0 Å². The molecule has 0 aromatic heterocycles. The number of carbonyl (C=O) groups is 1. The molecule has 224 valence electrons. The Balaban J connectivity index is 1.61. The smallest absolute Gasteiger partial charge is 0.416 e. The normalized spacial score (nSPS) is 14.7. The molecule has 0 saturated carbocycles. The van der Waals surface area contributed by atoms with E-state index in [1.807, 2.05) is 12.1 Å². The fourth-order valence-corrected chi connectivity index (χ4v) is 4.31. The third-order valence-corrected chi connectivity index (χ3v) is 6.56. The lowest BCUT2D eigenvalue weighted by Crippen LogP contribution is -2.45. The SMILES string of the molecule is CC#CCOCCOc1cc(OC(C)(C)C(=O)OCC)ccc1CN1CCN(Cc2ccc(C(F)(F)F)cc2)CC1. The van der Waals surface area contributed by atoms with Gasteiger partial charge in [-0.15, -0.1) is 5.92 Å². The molecular weight excluding hydrogens is 537 g/mol. The summed E-state index contributed by atoms with van der Waals surface area (Å²) in [5.41, 5.74) is 0.0257. The van der Waals surface area contributed by atoms with Crippen molar-refractivity contribution in [3.63, 3.8) is 0 Å². The number of hydrogen-bond donors (Lipinski definition) is 0. The van der Waals surface area contributed by atoms with Gasteiger partial charge in [-0.2, -0.15) is 13.2 Å².